The summed E-state index contributed by atoms with van der Waals surface area (Å²) in [5.74, 6) is -1.76. The van der Waals surface area contributed by atoms with Crippen LogP contribution in [-0.2, 0) is 14.2 Å². The Labute approximate surface area is 149 Å². The third-order valence-corrected chi connectivity index (χ3v) is 5.11. The predicted molar refractivity (Wildman–Crippen MR) is 96.8 cm³/mol. The molecule has 0 rings (SSSR count). The Morgan fingerprint density at radius 1 is 1.16 bits per heavy atom. The van der Waals surface area contributed by atoms with Gasteiger partial charge in [0.05, 0.1) is 6.04 Å². The maximum Gasteiger partial charge on any atom is 0.342 e. The zero-order valence-corrected chi connectivity index (χ0v) is 16.4. The van der Waals surface area contributed by atoms with Gasteiger partial charge < -0.3 is 26.2 Å². The lowest BCUT2D eigenvalue weighted by Gasteiger charge is -2.27. The van der Waals surface area contributed by atoms with Gasteiger partial charge in [0.25, 0.3) is 0 Å². The van der Waals surface area contributed by atoms with Gasteiger partial charge in [-0.3, -0.25) is 19.5 Å². The van der Waals surface area contributed by atoms with Crippen molar-refractivity contribution in [2.45, 2.75) is 64.3 Å². The lowest BCUT2D eigenvalue weighted by molar-refractivity contribution is -0.130. The van der Waals surface area contributed by atoms with E-state index >= 15 is 0 Å². The highest BCUT2D eigenvalue weighted by Crippen LogP contribution is 2.41. The third-order valence-electron chi connectivity index (χ3n) is 3.79. The van der Waals surface area contributed by atoms with Crippen LogP contribution < -0.4 is 21.7 Å². The highest BCUT2D eigenvalue weighted by atomic mass is 31.2. The third kappa shape index (κ3) is 9.32. The van der Waals surface area contributed by atoms with E-state index in [9.17, 15) is 23.9 Å². The number of hydrogen-bond donors (Lipinski definition) is 6. The van der Waals surface area contributed by atoms with Crippen LogP contribution in [0, 0.1) is 5.92 Å². The first kappa shape index (κ1) is 24.0. The van der Waals surface area contributed by atoms with E-state index < -0.39 is 31.4 Å². The summed E-state index contributed by atoms with van der Waals surface area (Å²) in [4.78, 5) is 43.3. The van der Waals surface area contributed by atoms with E-state index in [0.29, 0.717) is 25.8 Å². The highest BCUT2D eigenvalue weighted by Gasteiger charge is 2.33. The number of nitrogens with one attached hydrogen (secondary N) is 3. The molecule has 0 saturated heterocycles. The van der Waals surface area contributed by atoms with Crippen LogP contribution in [0.2, 0.25) is 0 Å². The van der Waals surface area contributed by atoms with Crippen LogP contribution >= 0.6 is 7.60 Å². The minimum atomic E-state index is -4.38. The fourth-order valence-electron chi connectivity index (χ4n) is 2.44. The quantitative estimate of drug-likeness (QED) is 0.258. The summed E-state index contributed by atoms with van der Waals surface area (Å²) in [6.45, 7) is 5.85. The summed E-state index contributed by atoms with van der Waals surface area (Å²) < 4.78 is 11.5. The summed E-state index contributed by atoms with van der Waals surface area (Å²) >= 11 is 0. The van der Waals surface area contributed by atoms with E-state index in [0.717, 1.165) is 0 Å². The molecule has 0 aliphatic rings. The summed E-state index contributed by atoms with van der Waals surface area (Å²) in [5, 5.41) is 7.92. The van der Waals surface area contributed by atoms with E-state index in [4.69, 9.17) is 5.73 Å². The van der Waals surface area contributed by atoms with Crippen molar-refractivity contribution in [1.82, 2.24) is 16.0 Å². The topological polar surface area (TPSA) is 154 Å². The van der Waals surface area contributed by atoms with Crippen LogP contribution in [0.4, 0.5) is 0 Å². The Balaban J connectivity index is 5.19. The second-order valence-electron chi connectivity index (χ2n) is 6.47. The molecule has 0 aromatic rings. The molecule has 0 aromatic heterocycles. The molecule has 2 amide bonds. The van der Waals surface area contributed by atoms with Crippen LogP contribution in [0.5, 0.6) is 0 Å². The lowest BCUT2D eigenvalue weighted by Crippen LogP contribution is -2.54. The van der Waals surface area contributed by atoms with Crippen LogP contribution in [0.25, 0.3) is 0 Å². The molecule has 0 radical (unpaired) electrons. The molecule has 9 nitrogen and oxygen atoms in total. The summed E-state index contributed by atoms with van der Waals surface area (Å²) in [5.41, 5.74) is 5.46. The van der Waals surface area contributed by atoms with E-state index in [1.165, 1.54) is 7.05 Å². The van der Waals surface area contributed by atoms with E-state index in [2.05, 4.69) is 16.0 Å². The van der Waals surface area contributed by atoms with Crippen LogP contribution in [0.15, 0.2) is 0 Å². The summed E-state index contributed by atoms with van der Waals surface area (Å²) in [6, 6.07) is -1.53. The first-order valence-corrected chi connectivity index (χ1v) is 10.3. The molecule has 0 unspecified atom stereocenters. The molecular weight excluding hydrogens is 347 g/mol. The SMILES string of the molecule is CC[C@H](N[C@@H](CC(C)C)C(=O)N[C@@H](CCCN)C(=O)NC)P(=O)(O)O. The van der Waals surface area contributed by atoms with Gasteiger partial charge in [0.15, 0.2) is 0 Å². The van der Waals surface area contributed by atoms with Gasteiger partial charge in [-0.25, -0.2) is 0 Å². The fourth-order valence-corrected chi connectivity index (χ4v) is 3.29. The molecule has 0 heterocycles. The number of likely N-dealkylation sites (N-methyl/N-ethyl adjacent to an activating group) is 1. The van der Waals surface area contributed by atoms with Crippen molar-refractivity contribution in [3.8, 4) is 0 Å². The van der Waals surface area contributed by atoms with Gasteiger partial charge in [0.1, 0.15) is 11.8 Å². The second-order valence-corrected chi connectivity index (χ2v) is 8.27. The van der Waals surface area contributed by atoms with Crippen molar-refractivity contribution in [3.63, 3.8) is 0 Å². The van der Waals surface area contributed by atoms with E-state index in [-0.39, 0.29) is 18.2 Å². The van der Waals surface area contributed by atoms with Crippen LogP contribution in [0.1, 0.15) is 46.5 Å². The first-order valence-electron chi connectivity index (χ1n) is 8.60. The van der Waals surface area contributed by atoms with E-state index in [1.807, 2.05) is 13.8 Å². The number of rotatable bonds is 12. The number of hydrogen-bond acceptors (Lipinski definition) is 5. The smallest absolute Gasteiger partial charge is 0.342 e. The molecule has 7 N–H and O–H groups in total. The van der Waals surface area contributed by atoms with Gasteiger partial charge in [-0.05, 0) is 38.1 Å². The van der Waals surface area contributed by atoms with Crippen molar-refractivity contribution in [2.75, 3.05) is 13.6 Å². The molecule has 148 valence electrons. The zero-order valence-electron chi connectivity index (χ0n) is 15.5. The summed E-state index contributed by atoms with van der Waals surface area (Å²) in [7, 11) is -2.90. The Hall–Kier alpha value is -0.990. The zero-order chi connectivity index (χ0) is 19.6. The molecule has 3 atom stereocenters. The van der Waals surface area contributed by atoms with Crippen LogP contribution in [0.3, 0.4) is 0 Å². The fraction of sp³-hybridized carbons (Fsp3) is 0.867. The van der Waals surface area contributed by atoms with Crippen molar-refractivity contribution < 1.29 is 23.9 Å². The standard InChI is InChI=1S/C15H33N4O5P/c1-5-13(25(22,23)24)18-12(9-10(2)3)15(21)19-11(7-6-8-16)14(20)17-4/h10-13,18H,5-9,16H2,1-4H3,(H,17,20)(H,19,21)(H2,22,23,24)/t11-,12-,13+/m0/s1. The average molecular weight is 380 g/mol. The molecule has 0 bridgehead atoms. The van der Waals surface area contributed by atoms with Crippen molar-refractivity contribution >= 4 is 19.4 Å². The van der Waals surface area contributed by atoms with Crippen molar-refractivity contribution in [3.05, 3.63) is 0 Å². The lowest BCUT2D eigenvalue weighted by atomic mass is 10.0. The Morgan fingerprint density at radius 3 is 2.16 bits per heavy atom. The number of amides is 2. The monoisotopic (exact) mass is 380 g/mol. The molecule has 0 aliphatic carbocycles. The molecule has 25 heavy (non-hydrogen) atoms. The van der Waals surface area contributed by atoms with Gasteiger partial charge in [-0.1, -0.05) is 20.8 Å². The predicted octanol–water partition coefficient (Wildman–Crippen LogP) is -0.126. The average Bonchev–Trinajstić information content (AvgIpc) is 2.52. The number of carbonyl (C=O) groups excluding carboxylic acids is 2. The maximum absolute atomic E-state index is 12.6. The minimum Gasteiger partial charge on any atom is -0.357 e. The maximum atomic E-state index is 12.6. The Bertz CT molecular complexity index is 469. The number of nitrogens with two attached hydrogens (primary N) is 1. The van der Waals surface area contributed by atoms with Crippen molar-refractivity contribution in [2.24, 2.45) is 11.7 Å². The molecule has 0 saturated carbocycles. The molecule has 0 aromatic carbocycles. The molecule has 10 heteroatoms. The van der Waals surface area contributed by atoms with Gasteiger partial charge in [-0.15, -0.1) is 0 Å². The Kier molecular flexibility index (Phi) is 11.1. The highest BCUT2D eigenvalue weighted by molar-refractivity contribution is 7.52. The molecule has 0 aliphatic heterocycles. The van der Waals surface area contributed by atoms with Gasteiger partial charge >= 0.3 is 7.60 Å². The van der Waals surface area contributed by atoms with Gasteiger partial charge in [0, 0.05) is 7.05 Å². The van der Waals surface area contributed by atoms with Crippen molar-refractivity contribution in [1.29, 1.82) is 0 Å². The van der Waals surface area contributed by atoms with E-state index in [1.54, 1.807) is 6.92 Å². The number of carbonyl (C=O) groups is 2. The van der Waals surface area contributed by atoms with Crippen LogP contribution in [-0.4, -0.2) is 53.1 Å². The Morgan fingerprint density at radius 2 is 1.76 bits per heavy atom. The van der Waals surface area contributed by atoms with Gasteiger partial charge in [0.2, 0.25) is 11.8 Å². The van der Waals surface area contributed by atoms with Gasteiger partial charge in [-0.2, -0.15) is 0 Å². The molecule has 0 spiro atoms. The normalized spacial score (nSPS) is 15.5. The summed E-state index contributed by atoms with van der Waals surface area (Å²) in [6.07, 6.45) is 1.53. The first-order chi connectivity index (χ1) is 11.6. The minimum absolute atomic E-state index is 0.125. The largest absolute Gasteiger partial charge is 0.357 e. The molecule has 0 fully saturated rings. The second kappa shape index (κ2) is 11.6. The molecular formula is C15H33N4O5P.